The molecule has 2 nitrogen and oxygen atoms in total. The molecule has 2 rings (SSSR count). The number of likely N-dealkylation sites (tertiary alicyclic amines) is 1. The number of nitrogens with zero attached hydrogens (tertiary/aromatic N) is 1. The minimum absolute atomic E-state index is 0.734. The Bertz CT molecular complexity index is 185. The first-order valence-electron chi connectivity index (χ1n) is 6.63. The van der Waals surface area contributed by atoms with Gasteiger partial charge in [-0.3, -0.25) is 0 Å². The van der Waals surface area contributed by atoms with Gasteiger partial charge in [0.25, 0.3) is 0 Å². The van der Waals surface area contributed by atoms with Gasteiger partial charge in [0.05, 0.1) is 0 Å². The van der Waals surface area contributed by atoms with Gasteiger partial charge in [-0.25, -0.2) is 0 Å². The molecule has 2 fully saturated rings. The maximum absolute atomic E-state index is 5.64. The van der Waals surface area contributed by atoms with Gasteiger partial charge in [-0.2, -0.15) is 0 Å². The first-order chi connectivity index (χ1) is 7.24. The summed E-state index contributed by atoms with van der Waals surface area (Å²) in [6.07, 6.45) is 9.99. The highest BCUT2D eigenvalue weighted by molar-refractivity contribution is 4.89. The number of rotatable bonds is 2. The van der Waals surface area contributed by atoms with Gasteiger partial charge < -0.3 is 10.6 Å². The van der Waals surface area contributed by atoms with E-state index in [9.17, 15) is 0 Å². The fourth-order valence-electron chi connectivity index (χ4n) is 3.41. The van der Waals surface area contributed by atoms with Crippen LogP contribution in [0.1, 0.15) is 44.9 Å². The Morgan fingerprint density at radius 2 is 1.73 bits per heavy atom. The number of piperidine rings is 1. The summed E-state index contributed by atoms with van der Waals surface area (Å²) in [4.78, 5) is 2.48. The molecule has 0 aromatic carbocycles. The van der Waals surface area contributed by atoms with E-state index in [1.165, 1.54) is 58.0 Å². The zero-order chi connectivity index (χ0) is 10.7. The lowest BCUT2D eigenvalue weighted by molar-refractivity contribution is 0.0614. The van der Waals surface area contributed by atoms with Crippen LogP contribution in [0.3, 0.4) is 0 Å². The second kappa shape index (κ2) is 4.84. The van der Waals surface area contributed by atoms with Crippen LogP contribution in [0.2, 0.25) is 0 Å². The van der Waals surface area contributed by atoms with E-state index in [2.05, 4.69) is 11.9 Å². The zero-order valence-corrected chi connectivity index (χ0v) is 10.2. The monoisotopic (exact) mass is 210 g/mol. The Hall–Kier alpha value is -0.0800. The van der Waals surface area contributed by atoms with Crippen LogP contribution >= 0.6 is 0 Å². The lowest BCUT2D eigenvalue weighted by atomic mass is 9.65. The van der Waals surface area contributed by atoms with Crippen LogP contribution in [0.5, 0.6) is 0 Å². The van der Waals surface area contributed by atoms with Gasteiger partial charge in [0.1, 0.15) is 0 Å². The van der Waals surface area contributed by atoms with Crippen LogP contribution in [0.25, 0.3) is 0 Å². The standard InChI is InChI=1S/C13H26N2/c1-15-10-7-13(8-11-15)5-2-12(3-6-13)4-9-14/h12H,2-11,14H2,1H3. The number of hydrogen-bond acceptors (Lipinski definition) is 2. The predicted molar refractivity (Wildman–Crippen MR) is 64.8 cm³/mol. The summed E-state index contributed by atoms with van der Waals surface area (Å²) in [6.45, 7) is 3.53. The topological polar surface area (TPSA) is 29.3 Å². The number of hydrogen-bond donors (Lipinski definition) is 1. The van der Waals surface area contributed by atoms with Crippen molar-refractivity contribution >= 4 is 0 Å². The highest BCUT2D eigenvalue weighted by Crippen LogP contribution is 2.46. The van der Waals surface area contributed by atoms with Gasteiger partial charge in [-0.15, -0.1) is 0 Å². The molecule has 0 aromatic heterocycles. The van der Waals surface area contributed by atoms with Crippen LogP contribution in [-0.2, 0) is 0 Å². The van der Waals surface area contributed by atoms with Crippen molar-refractivity contribution in [3.63, 3.8) is 0 Å². The Kier molecular flexibility index (Phi) is 3.68. The van der Waals surface area contributed by atoms with Crippen LogP contribution in [0.15, 0.2) is 0 Å². The van der Waals surface area contributed by atoms with Crippen molar-refractivity contribution in [2.45, 2.75) is 44.9 Å². The van der Waals surface area contributed by atoms with E-state index in [4.69, 9.17) is 5.73 Å². The molecule has 0 unspecified atom stereocenters. The molecule has 2 aliphatic rings. The maximum Gasteiger partial charge on any atom is -0.00165 e. The van der Waals surface area contributed by atoms with Crippen molar-refractivity contribution < 1.29 is 0 Å². The van der Waals surface area contributed by atoms with Crippen LogP contribution in [0, 0.1) is 11.3 Å². The molecule has 1 aliphatic heterocycles. The van der Waals surface area contributed by atoms with E-state index in [1.54, 1.807) is 0 Å². The first kappa shape index (κ1) is 11.4. The van der Waals surface area contributed by atoms with Crippen LogP contribution in [-0.4, -0.2) is 31.6 Å². The molecule has 1 spiro atoms. The van der Waals surface area contributed by atoms with E-state index in [0.717, 1.165) is 17.9 Å². The molecule has 1 saturated carbocycles. The van der Waals surface area contributed by atoms with Crippen molar-refractivity contribution in [3.8, 4) is 0 Å². The molecular weight excluding hydrogens is 184 g/mol. The largest absolute Gasteiger partial charge is 0.330 e. The average Bonchev–Trinajstić information content (AvgIpc) is 2.27. The second-order valence-electron chi connectivity index (χ2n) is 5.82. The van der Waals surface area contributed by atoms with Crippen LogP contribution in [0.4, 0.5) is 0 Å². The highest BCUT2D eigenvalue weighted by atomic mass is 15.1. The Balaban J connectivity index is 1.81. The van der Waals surface area contributed by atoms with E-state index in [-0.39, 0.29) is 0 Å². The van der Waals surface area contributed by atoms with Crippen molar-refractivity contribution in [2.75, 3.05) is 26.7 Å². The summed E-state index contributed by atoms with van der Waals surface area (Å²) in [5.74, 6) is 0.945. The van der Waals surface area contributed by atoms with Crippen molar-refractivity contribution in [1.29, 1.82) is 0 Å². The van der Waals surface area contributed by atoms with E-state index >= 15 is 0 Å². The van der Waals surface area contributed by atoms with Gasteiger partial charge in [0, 0.05) is 0 Å². The molecule has 0 atom stereocenters. The number of nitrogens with two attached hydrogens (primary N) is 1. The fraction of sp³-hybridized carbons (Fsp3) is 1.00. The third-order valence-corrected chi connectivity index (χ3v) is 4.79. The summed E-state index contributed by atoms with van der Waals surface area (Å²) in [5.41, 5.74) is 6.37. The summed E-state index contributed by atoms with van der Waals surface area (Å²) in [7, 11) is 2.26. The predicted octanol–water partition coefficient (Wildman–Crippen LogP) is 2.24. The van der Waals surface area contributed by atoms with Gasteiger partial charge in [-0.1, -0.05) is 0 Å². The van der Waals surface area contributed by atoms with Crippen molar-refractivity contribution in [3.05, 3.63) is 0 Å². The quantitative estimate of drug-likeness (QED) is 0.757. The highest BCUT2D eigenvalue weighted by Gasteiger charge is 2.36. The maximum atomic E-state index is 5.64. The summed E-state index contributed by atoms with van der Waals surface area (Å²) in [6, 6.07) is 0. The molecule has 88 valence electrons. The molecule has 15 heavy (non-hydrogen) atoms. The van der Waals surface area contributed by atoms with Crippen LogP contribution < -0.4 is 5.73 Å². The molecule has 1 saturated heterocycles. The van der Waals surface area contributed by atoms with E-state index in [1.807, 2.05) is 0 Å². The molecule has 0 bridgehead atoms. The lowest BCUT2D eigenvalue weighted by Crippen LogP contribution is -2.40. The van der Waals surface area contributed by atoms with Gasteiger partial charge >= 0.3 is 0 Å². The molecule has 0 radical (unpaired) electrons. The molecule has 1 aliphatic carbocycles. The zero-order valence-electron chi connectivity index (χ0n) is 10.2. The Morgan fingerprint density at radius 1 is 1.13 bits per heavy atom. The minimum Gasteiger partial charge on any atom is -0.330 e. The Morgan fingerprint density at radius 3 is 2.27 bits per heavy atom. The minimum atomic E-state index is 0.734. The molecule has 2 heteroatoms. The molecule has 1 heterocycles. The van der Waals surface area contributed by atoms with E-state index < -0.39 is 0 Å². The molecule has 0 aromatic rings. The molecular formula is C13H26N2. The molecule has 0 amide bonds. The fourth-order valence-corrected chi connectivity index (χ4v) is 3.41. The average molecular weight is 210 g/mol. The van der Waals surface area contributed by atoms with Crippen molar-refractivity contribution in [1.82, 2.24) is 4.90 Å². The van der Waals surface area contributed by atoms with Crippen molar-refractivity contribution in [2.24, 2.45) is 17.1 Å². The second-order valence-corrected chi connectivity index (χ2v) is 5.82. The summed E-state index contributed by atoms with van der Waals surface area (Å²) in [5, 5.41) is 0. The normalized spacial score (nSPS) is 28.4. The van der Waals surface area contributed by atoms with Gasteiger partial charge in [0.2, 0.25) is 0 Å². The third-order valence-electron chi connectivity index (χ3n) is 4.79. The first-order valence-corrected chi connectivity index (χ1v) is 6.63. The molecule has 2 N–H and O–H groups in total. The Labute approximate surface area is 94.2 Å². The van der Waals surface area contributed by atoms with E-state index in [0.29, 0.717) is 0 Å². The smallest absolute Gasteiger partial charge is 0.00165 e. The third kappa shape index (κ3) is 2.73. The SMILES string of the molecule is CN1CCC2(CCC(CCN)CC2)CC1. The lowest BCUT2D eigenvalue weighted by Gasteiger charge is -2.45. The summed E-state index contributed by atoms with van der Waals surface area (Å²) < 4.78 is 0. The van der Waals surface area contributed by atoms with Gasteiger partial charge in [-0.05, 0) is 83.0 Å². The summed E-state index contributed by atoms with van der Waals surface area (Å²) >= 11 is 0. The van der Waals surface area contributed by atoms with Gasteiger partial charge in [0.15, 0.2) is 0 Å².